The number of carbonyl (C=O) groups is 3. The highest BCUT2D eigenvalue weighted by atomic mass is 16.6. The summed E-state index contributed by atoms with van der Waals surface area (Å²) in [6.45, 7) is 6.23. The number of unbranched alkanes of at least 4 members (excludes halogenated alkanes) is 9. The Morgan fingerprint density at radius 3 is 1.01 bits per heavy atom. The molecule has 0 aliphatic heterocycles. The van der Waals surface area contributed by atoms with E-state index in [1.807, 2.05) is 12.2 Å². The van der Waals surface area contributed by atoms with Crippen molar-refractivity contribution < 1.29 is 28.6 Å². The van der Waals surface area contributed by atoms with Gasteiger partial charge in [0.25, 0.3) is 0 Å². The third-order valence-corrected chi connectivity index (χ3v) is 10.5. The van der Waals surface area contributed by atoms with Crippen LogP contribution in [0.15, 0.2) is 158 Å². The quantitative estimate of drug-likeness (QED) is 0.0262. The summed E-state index contributed by atoms with van der Waals surface area (Å²) in [5.74, 6) is -1.11. The molecule has 0 aromatic heterocycles. The summed E-state index contributed by atoms with van der Waals surface area (Å²) in [5, 5.41) is 0. The lowest BCUT2D eigenvalue weighted by atomic mass is 10.1. The molecule has 0 rings (SSSR count). The normalized spacial score (nSPS) is 13.4. The maximum Gasteiger partial charge on any atom is 0.306 e. The van der Waals surface area contributed by atoms with Crippen molar-refractivity contribution >= 4 is 17.9 Å². The Kier molecular flexibility index (Phi) is 51.6. The third-order valence-electron chi connectivity index (χ3n) is 10.5. The second-order valence-electron chi connectivity index (χ2n) is 17.0. The lowest BCUT2D eigenvalue weighted by Gasteiger charge is -2.18. The molecule has 0 saturated heterocycles. The summed E-state index contributed by atoms with van der Waals surface area (Å²) in [4.78, 5) is 38.0. The topological polar surface area (TPSA) is 78.9 Å². The monoisotopic (exact) mass is 949 g/mol. The fraction of sp³-hybridized carbons (Fsp3) is 0.540. The number of rotatable bonds is 46. The summed E-state index contributed by atoms with van der Waals surface area (Å²) in [6.07, 6.45) is 81.0. The zero-order chi connectivity index (χ0) is 50.0. The van der Waals surface area contributed by atoms with Crippen LogP contribution < -0.4 is 0 Å². The lowest BCUT2D eigenvalue weighted by molar-refractivity contribution is -0.166. The molecule has 0 bridgehead atoms. The second-order valence-corrected chi connectivity index (χ2v) is 17.0. The van der Waals surface area contributed by atoms with Gasteiger partial charge in [-0.05, 0) is 128 Å². The van der Waals surface area contributed by atoms with Crippen LogP contribution in [0.25, 0.3) is 0 Å². The number of hydrogen-bond acceptors (Lipinski definition) is 6. The van der Waals surface area contributed by atoms with Crippen molar-refractivity contribution in [2.45, 2.75) is 207 Å². The zero-order valence-electron chi connectivity index (χ0n) is 43.8. The van der Waals surface area contributed by atoms with Crippen LogP contribution in [-0.2, 0) is 28.6 Å². The molecule has 0 heterocycles. The average molecular weight is 949 g/mol. The summed E-state index contributed by atoms with van der Waals surface area (Å²) in [7, 11) is 0. The van der Waals surface area contributed by atoms with Crippen LogP contribution in [0.4, 0.5) is 0 Å². The standard InChI is InChI=1S/C63H96O6/c1-4-7-10-13-16-19-22-25-28-30-31-33-36-38-41-44-47-50-53-56-62(65)68-59-60(69-63(66)57-54-51-48-45-42-39-34-27-24-21-18-15-12-9-6-3)58-67-61(64)55-52-49-46-43-40-37-35-32-29-26-23-20-17-14-11-8-5-2/h7-8,10-11,16-21,25-29,31,33-35,37-38,41,43,46-47,50,60H,4-6,9,12-15,22-24,30,32,36,39-40,42,44-45,48-49,51-59H2,1-3H3/t60-/m1/s1. The molecule has 0 spiro atoms. The van der Waals surface area contributed by atoms with E-state index in [1.54, 1.807) is 0 Å². The fourth-order valence-electron chi connectivity index (χ4n) is 6.53. The number of hydrogen-bond donors (Lipinski definition) is 0. The van der Waals surface area contributed by atoms with Gasteiger partial charge in [0.2, 0.25) is 0 Å². The van der Waals surface area contributed by atoms with Crippen LogP contribution >= 0.6 is 0 Å². The minimum absolute atomic E-state index is 0.144. The van der Waals surface area contributed by atoms with Gasteiger partial charge >= 0.3 is 17.9 Å². The van der Waals surface area contributed by atoms with Crippen molar-refractivity contribution in [3.63, 3.8) is 0 Å². The molecule has 6 heteroatoms. The maximum absolute atomic E-state index is 12.8. The van der Waals surface area contributed by atoms with E-state index in [0.29, 0.717) is 12.8 Å². The smallest absolute Gasteiger partial charge is 0.306 e. The first kappa shape index (κ1) is 64.0. The van der Waals surface area contributed by atoms with Gasteiger partial charge in [0.05, 0.1) is 0 Å². The van der Waals surface area contributed by atoms with Gasteiger partial charge in [0, 0.05) is 19.3 Å². The average Bonchev–Trinajstić information content (AvgIpc) is 3.35. The Balaban J connectivity index is 4.65. The van der Waals surface area contributed by atoms with Crippen molar-refractivity contribution in [2.24, 2.45) is 0 Å². The van der Waals surface area contributed by atoms with E-state index in [2.05, 4.69) is 167 Å². The molecule has 6 nitrogen and oxygen atoms in total. The van der Waals surface area contributed by atoms with Crippen molar-refractivity contribution in [1.82, 2.24) is 0 Å². The lowest BCUT2D eigenvalue weighted by Crippen LogP contribution is -2.30. The number of allylic oxidation sites excluding steroid dienone is 26. The molecule has 0 fully saturated rings. The molecule has 0 aliphatic carbocycles. The van der Waals surface area contributed by atoms with Crippen molar-refractivity contribution in [3.05, 3.63) is 158 Å². The van der Waals surface area contributed by atoms with Gasteiger partial charge < -0.3 is 14.2 Å². The first-order valence-electron chi connectivity index (χ1n) is 27.0. The van der Waals surface area contributed by atoms with E-state index in [1.165, 1.54) is 25.7 Å². The highest BCUT2D eigenvalue weighted by molar-refractivity contribution is 5.71. The van der Waals surface area contributed by atoms with Crippen molar-refractivity contribution in [3.8, 4) is 0 Å². The van der Waals surface area contributed by atoms with E-state index in [4.69, 9.17) is 14.2 Å². The van der Waals surface area contributed by atoms with Crippen LogP contribution in [0.3, 0.4) is 0 Å². The Morgan fingerprint density at radius 2 is 0.609 bits per heavy atom. The molecule has 0 aliphatic rings. The van der Waals surface area contributed by atoms with E-state index >= 15 is 0 Å². The summed E-state index contributed by atoms with van der Waals surface area (Å²) in [6, 6.07) is 0. The van der Waals surface area contributed by atoms with Gasteiger partial charge in [-0.1, -0.05) is 211 Å². The molecule has 0 aromatic rings. The van der Waals surface area contributed by atoms with E-state index in [0.717, 1.165) is 122 Å². The number of ether oxygens (including phenoxy) is 3. The minimum Gasteiger partial charge on any atom is -0.462 e. The van der Waals surface area contributed by atoms with Crippen LogP contribution in [0.5, 0.6) is 0 Å². The van der Waals surface area contributed by atoms with Crippen LogP contribution in [0, 0.1) is 0 Å². The van der Waals surface area contributed by atoms with E-state index in [9.17, 15) is 14.4 Å². The fourth-order valence-corrected chi connectivity index (χ4v) is 6.53. The highest BCUT2D eigenvalue weighted by Gasteiger charge is 2.19. The first-order chi connectivity index (χ1) is 34.0. The van der Waals surface area contributed by atoms with Gasteiger partial charge in [-0.15, -0.1) is 0 Å². The second kappa shape index (κ2) is 55.6. The Labute approximate surface area is 422 Å². The van der Waals surface area contributed by atoms with Crippen molar-refractivity contribution in [2.75, 3.05) is 13.2 Å². The predicted molar refractivity (Wildman–Crippen MR) is 297 cm³/mol. The highest BCUT2D eigenvalue weighted by Crippen LogP contribution is 2.11. The molecule has 69 heavy (non-hydrogen) atoms. The summed E-state index contributed by atoms with van der Waals surface area (Å²) < 4.78 is 16.7. The van der Waals surface area contributed by atoms with Gasteiger partial charge in [-0.2, -0.15) is 0 Å². The summed E-state index contributed by atoms with van der Waals surface area (Å²) >= 11 is 0. The molecule has 0 radical (unpaired) electrons. The molecular weight excluding hydrogens is 853 g/mol. The van der Waals surface area contributed by atoms with Gasteiger partial charge in [0.1, 0.15) is 13.2 Å². The Bertz CT molecular complexity index is 1610. The Hall–Kier alpha value is -4.97. The van der Waals surface area contributed by atoms with Crippen LogP contribution in [0.2, 0.25) is 0 Å². The molecule has 0 saturated carbocycles. The largest absolute Gasteiger partial charge is 0.462 e. The molecule has 384 valence electrons. The molecule has 1 atom stereocenters. The van der Waals surface area contributed by atoms with Crippen LogP contribution in [-0.4, -0.2) is 37.2 Å². The first-order valence-corrected chi connectivity index (χ1v) is 27.0. The zero-order valence-corrected chi connectivity index (χ0v) is 43.8. The molecule has 0 amide bonds. The summed E-state index contributed by atoms with van der Waals surface area (Å²) in [5.41, 5.74) is 0. The van der Waals surface area contributed by atoms with Crippen LogP contribution in [0.1, 0.15) is 201 Å². The predicted octanol–water partition coefficient (Wildman–Crippen LogP) is 18.2. The minimum atomic E-state index is -0.847. The van der Waals surface area contributed by atoms with E-state index < -0.39 is 6.10 Å². The van der Waals surface area contributed by atoms with E-state index in [-0.39, 0.29) is 50.4 Å². The van der Waals surface area contributed by atoms with Gasteiger partial charge in [0.15, 0.2) is 6.10 Å². The van der Waals surface area contributed by atoms with Gasteiger partial charge in [-0.25, -0.2) is 0 Å². The molecular formula is C63H96O6. The molecule has 0 N–H and O–H groups in total. The maximum atomic E-state index is 12.8. The molecule has 0 aromatic carbocycles. The van der Waals surface area contributed by atoms with Crippen molar-refractivity contribution in [1.29, 1.82) is 0 Å². The Morgan fingerprint density at radius 1 is 0.304 bits per heavy atom. The molecule has 0 unspecified atom stereocenters. The number of carbonyl (C=O) groups excluding carboxylic acids is 3. The SMILES string of the molecule is CCC=CCC=CCC=CCC=CCC=CCC=CCCC(=O)OC[C@@H](COC(=O)CCCC=CCC=CCC=CCC=CCC=CCC)OC(=O)CCCCCCCC=CCC=CCCCCC. The third kappa shape index (κ3) is 53.8. The van der Waals surface area contributed by atoms with Gasteiger partial charge in [-0.3, -0.25) is 14.4 Å². The number of esters is 3.